The Hall–Kier alpha value is -0.860. The predicted molar refractivity (Wildman–Crippen MR) is 51.8 cm³/mol. The summed E-state index contributed by atoms with van der Waals surface area (Å²) in [7, 11) is 0. The number of hydrogen-bond acceptors (Lipinski definition) is 2. The highest BCUT2D eigenvalue weighted by atomic mass is 14.5. The van der Waals surface area contributed by atoms with Gasteiger partial charge in [-0.2, -0.15) is 0 Å². The van der Waals surface area contributed by atoms with Crippen molar-refractivity contribution in [1.29, 1.82) is 0 Å². The Morgan fingerprint density at radius 1 is 1.33 bits per heavy atom. The van der Waals surface area contributed by atoms with Crippen LogP contribution in [-0.2, 0) is 6.54 Å². The lowest BCUT2D eigenvalue weighted by Gasteiger charge is -2.09. The number of rotatable bonds is 3. The molecule has 0 aliphatic carbocycles. The lowest BCUT2D eigenvalue weighted by Crippen LogP contribution is -2.09. The molecule has 1 atom stereocenters. The molecule has 0 saturated heterocycles. The number of hydrogen-bond donors (Lipinski definition) is 2. The predicted octanol–water partition coefficient (Wildman–Crippen LogP) is 1.21. The zero-order valence-corrected chi connectivity index (χ0v) is 7.46. The van der Waals surface area contributed by atoms with Gasteiger partial charge in [0, 0.05) is 6.54 Å². The zero-order chi connectivity index (χ0) is 8.97. The third-order valence-corrected chi connectivity index (χ3v) is 2.11. The van der Waals surface area contributed by atoms with E-state index in [1.165, 1.54) is 11.1 Å². The second kappa shape index (κ2) is 4.24. The number of nitrogens with two attached hydrogens (primary N) is 2. The average molecular weight is 164 g/mol. The fraction of sp³-hybridized carbons (Fsp3) is 0.400. The Kier molecular flexibility index (Phi) is 3.26. The summed E-state index contributed by atoms with van der Waals surface area (Å²) < 4.78 is 0. The molecule has 0 amide bonds. The van der Waals surface area contributed by atoms with Gasteiger partial charge in [-0.1, -0.05) is 31.2 Å². The van der Waals surface area contributed by atoms with E-state index in [4.69, 9.17) is 11.5 Å². The average Bonchev–Trinajstić information content (AvgIpc) is 2.17. The van der Waals surface area contributed by atoms with Crippen molar-refractivity contribution in [3.63, 3.8) is 0 Å². The maximum absolute atomic E-state index is 5.56. The minimum absolute atomic E-state index is 0.427. The minimum Gasteiger partial charge on any atom is -0.330 e. The van der Waals surface area contributed by atoms with Gasteiger partial charge in [-0.25, -0.2) is 0 Å². The van der Waals surface area contributed by atoms with E-state index in [1.807, 2.05) is 12.1 Å². The van der Waals surface area contributed by atoms with Crippen molar-refractivity contribution in [3.8, 4) is 0 Å². The Morgan fingerprint density at radius 2 is 2.08 bits per heavy atom. The van der Waals surface area contributed by atoms with E-state index in [9.17, 15) is 0 Å². The van der Waals surface area contributed by atoms with Crippen LogP contribution in [0.3, 0.4) is 0 Å². The maximum Gasteiger partial charge on any atom is 0.0178 e. The summed E-state index contributed by atoms with van der Waals surface area (Å²) >= 11 is 0. The van der Waals surface area contributed by atoms with Gasteiger partial charge < -0.3 is 11.5 Å². The van der Waals surface area contributed by atoms with Crippen molar-refractivity contribution in [1.82, 2.24) is 0 Å². The van der Waals surface area contributed by atoms with Crippen molar-refractivity contribution in [3.05, 3.63) is 35.4 Å². The van der Waals surface area contributed by atoms with Crippen LogP contribution in [0.1, 0.15) is 24.0 Å². The fourth-order valence-electron chi connectivity index (χ4n) is 1.16. The Balaban J connectivity index is 2.86. The molecule has 66 valence electrons. The molecule has 0 aromatic heterocycles. The molecule has 1 aromatic carbocycles. The number of benzene rings is 1. The van der Waals surface area contributed by atoms with Crippen molar-refractivity contribution in [2.45, 2.75) is 19.4 Å². The van der Waals surface area contributed by atoms with Crippen LogP contribution in [0.15, 0.2) is 24.3 Å². The molecule has 1 aromatic rings. The second-order valence-corrected chi connectivity index (χ2v) is 3.09. The van der Waals surface area contributed by atoms with Gasteiger partial charge in [0.1, 0.15) is 0 Å². The first kappa shape index (κ1) is 9.23. The summed E-state index contributed by atoms with van der Waals surface area (Å²) in [6.45, 7) is 3.41. The highest BCUT2D eigenvalue weighted by molar-refractivity contribution is 5.26. The topological polar surface area (TPSA) is 52.0 Å². The van der Waals surface area contributed by atoms with E-state index in [1.54, 1.807) is 0 Å². The molecule has 0 aliphatic heterocycles. The van der Waals surface area contributed by atoms with Crippen LogP contribution in [0.5, 0.6) is 0 Å². The molecular formula is C10H16N2. The first-order valence-electron chi connectivity index (χ1n) is 4.27. The van der Waals surface area contributed by atoms with Crippen LogP contribution < -0.4 is 11.5 Å². The highest BCUT2D eigenvalue weighted by Crippen LogP contribution is 2.14. The minimum atomic E-state index is 0.427. The summed E-state index contributed by atoms with van der Waals surface area (Å²) in [5, 5.41) is 0. The summed E-state index contributed by atoms with van der Waals surface area (Å²) in [6.07, 6.45) is 0. The maximum atomic E-state index is 5.56. The molecule has 0 radical (unpaired) electrons. The van der Waals surface area contributed by atoms with Crippen molar-refractivity contribution in [2.24, 2.45) is 11.5 Å². The third kappa shape index (κ3) is 2.06. The lowest BCUT2D eigenvalue weighted by atomic mass is 9.99. The van der Waals surface area contributed by atoms with E-state index in [-0.39, 0.29) is 0 Å². The van der Waals surface area contributed by atoms with Gasteiger partial charge in [0.15, 0.2) is 0 Å². The molecule has 2 heteroatoms. The monoisotopic (exact) mass is 164 g/mol. The molecular weight excluding hydrogens is 148 g/mol. The molecule has 12 heavy (non-hydrogen) atoms. The quantitative estimate of drug-likeness (QED) is 0.705. The van der Waals surface area contributed by atoms with Gasteiger partial charge >= 0.3 is 0 Å². The van der Waals surface area contributed by atoms with Gasteiger partial charge in [0.2, 0.25) is 0 Å². The van der Waals surface area contributed by atoms with E-state index in [0.29, 0.717) is 19.0 Å². The molecule has 4 N–H and O–H groups in total. The molecule has 0 bridgehead atoms. The summed E-state index contributed by atoms with van der Waals surface area (Å²) in [4.78, 5) is 0. The second-order valence-electron chi connectivity index (χ2n) is 3.09. The Bertz CT molecular complexity index is 245. The lowest BCUT2D eigenvalue weighted by molar-refractivity contribution is 0.772. The summed E-state index contributed by atoms with van der Waals surface area (Å²) in [5.41, 5.74) is 13.5. The van der Waals surface area contributed by atoms with E-state index in [2.05, 4.69) is 19.1 Å². The van der Waals surface area contributed by atoms with E-state index >= 15 is 0 Å². The Morgan fingerprint density at radius 3 is 2.67 bits per heavy atom. The van der Waals surface area contributed by atoms with Gasteiger partial charge in [-0.05, 0) is 23.6 Å². The fourth-order valence-corrected chi connectivity index (χ4v) is 1.16. The van der Waals surface area contributed by atoms with Crippen LogP contribution in [0, 0.1) is 0 Å². The van der Waals surface area contributed by atoms with Crippen LogP contribution in [-0.4, -0.2) is 6.54 Å². The van der Waals surface area contributed by atoms with E-state index in [0.717, 1.165) is 0 Å². The third-order valence-electron chi connectivity index (χ3n) is 2.11. The first-order valence-corrected chi connectivity index (χ1v) is 4.27. The Labute approximate surface area is 73.6 Å². The van der Waals surface area contributed by atoms with Crippen molar-refractivity contribution < 1.29 is 0 Å². The van der Waals surface area contributed by atoms with Gasteiger partial charge in [-0.3, -0.25) is 0 Å². The molecule has 1 unspecified atom stereocenters. The smallest absolute Gasteiger partial charge is 0.0178 e. The summed E-state index contributed by atoms with van der Waals surface area (Å²) in [5.74, 6) is 0.427. The molecule has 1 rings (SSSR count). The highest BCUT2D eigenvalue weighted by Gasteiger charge is 2.02. The first-order chi connectivity index (χ1) is 5.77. The van der Waals surface area contributed by atoms with E-state index < -0.39 is 0 Å². The SMILES string of the molecule is CC(CN)c1cccc(CN)c1. The molecule has 2 nitrogen and oxygen atoms in total. The summed E-state index contributed by atoms with van der Waals surface area (Å²) in [6, 6.07) is 8.28. The molecule has 0 spiro atoms. The zero-order valence-electron chi connectivity index (χ0n) is 7.46. The largest absolute Gasteiger partial charge is 0.330 e. The molecule has 0 saturated carbocycles. The normalized spacial score (nSPS) is 12.9. The molecule has 0 fully saturated rings. The van der Waals surface area contributed by atoms with Crippen LogP contribution in [0.4, 0.5) is 0 Å². The molecule has 0 heterocycles. The van der Waals surface area contributed by atoms with Crippen molar-refractivity contribution in [2.75, 3.05) is 6.54 Å². The van der Waals surface area contributed by atoms with Gasteiger partial charge in [-0.15, -0.1) is 0 Å². The van der Waals surface area contributed by atoms with Crippen LogP contribution in [0.25, 0.3) is 0 Å². The van der Waals surface area contributed by atoms with Crippen LogP contribution in [0.2, 0.25) is 0 Å². The van der Waals surface area contributed by atoms with Gasteiger partial charge in [0.05, 0.1) is 0 Å². The van der Waals surface area contributed by atoms with Crippen molar-refractivity contribution >= 4 is 0 Å². The molecule has 0 aliphatic rings. The van der Waals surface area contributed by atoms with Crippen LogP contribution >= 0.6 is 0 Å². The standard InChI is InChI=1S/C10H16N2/c1-8(6-11)10-4-2-3-9(5-10)7-12/h2-5,8H,6-7,11-12H2,1H3. The van der Waals surface area contributed by atoms with Gasteiger partial charge in [0.25, 0.3) is 0 Å².